The molecule has 4 nitrogen and oxygen atoms in total. The number of amides is 1. The molecule has 3 atom stereocenters. The molecule has 16 heavy (non-hydrogen) atoms. The Balaban J connectivity index is 1.94. The van der Waals surface area contributed by atoms with Crippen molar-refractivity contribution in [3.63, 3.8) is 0 Å². The molecule has 2 rings (SSSR count). The number of carbonyl (C=O) groups excluding carboxylic acids is 1. The highest BCUT2D eigenvalue weighted by atomic mass is 16.5. The highest BCUT2D eigenvalue weighted by molar-refractivity contribution is 5.81. The van der Waals surface area contributed by atoms with Gasteiger partial charge in [-0.2, -0.15) is 0 Å². The fourth-order valence-corrected chi connectivity index (χ4v) is 2.97. The minimum absolute atomic E-state index is 0.155. The highest BCUT2D eigenvalue weighted by Crippen LogP contribution is 2.29. The first-order valence-electron chi connectivity index (χ1n) is 6.32. The molecule has 2 aliphatic rings. The summed E-state index contributed by atoms with van der Waals surface area (Å²) in [4.78, 5) is 14.0. The van der Waals surface area contributed by atoms with Gasteiger partial charge in [0.15, 0.2) is 0 Å². The Bertz CT molecular complexity index is 251. The summed E-state index contributed by atoms with van der Waals surface area (Å²) in [6, 6.07) is 0.335. The molecule has 0 aromatic carbocycles. The van der Waals surface area contributed by atoms with E-state index in [1.807, 2.05) is 11.9 Å². The highest BCUT2D eigenvalue weighted by Gasteiger charge is 2.35. The largest absolute Gasteiger partial charge is 0.368 e. The van der Waals surface area contributed by atoms with Crippen molar-refractivity contribution >= 4 is 5.91 Å². The average Bonchev–Trinajstić information content (AvgIpc) is 2.97. The lowest BCUT2D eigenvalue weighted by Gasteiger charge is -2.30. The minimum atomic E-state index is -0.191. The van der Waals surface area contributed by atoms with Gasteiger partial charge in [-0.25, -0.2) is 0 Å². The molecule has 1 saturated carbocycles. The second kappa shape index (κ2) is 5.15. The van der Waals surface area contributed by atoms with Crippen molar-refractivity contribution in [3.05, 3.63) is 0 Å². The minimum Gasteiger partial charge on any atom is -0.368 e. The van der Waals surface area contributed by atoms with E-state index in [0.717, 1.165) is 32.3 Å². The Morgan fingerprint density at radius 3 is 2.81 bits per heavy atom. The number of nitrogens with two attached hydrogens (primary N) is 1. The maximum Gasteiger partial charge on any atom is 0.251 e. The molecule has 0 bridgehead atoms. The zero-order chi connectivity index (χ0) is 11.5. The lowest BCUT2D eigenvalue weighted by Crippen LogP contribution is -2.45. The van der Waals surface area contributed by atoms with Gasteiger partial charge in [-0.05, 0) is 38.1 Å². The van der Waals surface area contributed by atoms with Crippen LogP contribution in [0.3, 0.4) is 0 Å². The van der Waals surface area contributed by atoms with E-state index in [2.05, 4.69) is 0 Å². The third kappa shape index (κ3) is 2.23. The number of nitrogens with zero attached hydrogens (tertiary/aromatic N) is 1. The quantitative estimate of drug-likeness (QED) is 0.772. The van der Waals surface area contributed by atoms with Crippen molar-refractivity contribution in [1.82, 2.24) is 4.90 Å². The molecule has 1 aliphatic carbocycles. The average molecular weight is 226 g/mol. The first-order chi connectivity index (χ1) is 7.74. The summed E-state index contributed by atoms with van der Waals surface area (Å²) in [7, 11) is 1.91. The van der Waals surface area contributed by atoms with Gasteiger partial charge in [-0.1, -0.05) is 6.42 Å². The van der Waals surface area contributed by atoms with Crippen LogP contribution in [0.5, 0.6) is 0 Å². The standard InChI is InChI=1S/C12H22N2O2/c1-14(10-5-2-4-9(10)8-13)12(15)11-6-3-7-16-11/h9-11H,2-8,13H2,1H3. The summed E-state index contributed by atoms with van der Waals surface area (Å²) in [5, 5.41) is 0. The molecular weight excluding hydrogens is 204 g/mol. The normalized spacial score (nSPS) is 34.2. The van der Waals surface area contributed by atoms with E-state index in [4.69, 9.17) is 10.5 Å². The van der Waals surface area contributed by atoms with Gasteiger partial charge >= 0.3 is 0 Å². The number of hydrogen-bond acceptors (Lipinski definition) is 3. The lowest BCUT2D eigenvalue weighted by atomic mass is 10.0. The summed E-state index contributed by atoms with van der Waals surface area (Å²) in [5.74, 6) is 0.637. The van der Waals surface area contributed by atoms with Crippen LogP contribution in [-0.2, 0) is 9.53 Å². The van der Waals surface area contributed by atoms with Crippen LogP contribution < -0.4 is 5.73 Å². The van der Waals surface area contributed by atoms with Gasteiger partial charge < -0.3 is 15.4 Å². The fourth-order valence-electron chi connectivity index (χ4n) is 2.97. The molecule has 0 spiro atoms. The van der Waals surface area contributed by atoms with Gasteiger partial charge in [0.1, 0.15) is 6.10 Å². The van der Waals surface area contributed by atoms with Crippen molar-refractivity contribution in [2.24, 2.45) is 11.7 Å². The monoisotopic (exact) mass is 226 g/mol. The summed E-state index contributed by atoms with van der Waals surface area (Å²) >= 11 is 0. The Kier molecular flexibility index (Phi) is 3.82. The number of ether oxygens (including phenoxy) is 1. The van der Waals surface area contributed by atoms with Crippen molar-refractivity contribution in [1.29, 1.82) is 0 Å². The van der Waals surface area contributed by atoms with Gasteiger partial charge in [-0.3, -0.25) is 4.79 Å². The smallest absolute Gasteiger partial charge is 0.251 e. The Hall–Kier alpha value is -0.610. The maximum absolute atomic E-state index is 12.2. The molecule has 0 aromatic heterocycles. The maximum atomic E-state index is 12.2. The molecule has 1 amide bonds. The summed E-state index contributed by atoms with van der Waals surface area (Å²) < 4.78 is 5.44. The topological polar surface area (TPSA) is 55.6 Å². The number of likely N-dealkylation sites (N-methyl/N-ethyl adjacent to an activating group) is 1. The number of hydrogen-bond donors (Lipinski definition) is 1. The van der Waals surface area contributed by atoms with E-state index < -0.39 is 0 Å². The zero-order valence-electron chi connectivity index (χ0n) is 10.0. The lowest BCUT2D eigenvalue weighted by molar-refractivity contribution is -0.142. The zero-order valence-corrected chi connectivity index (χ0v) is 10.0. The number of carbonyl (C=O) groups is 1. The van der Waals surface area contributed by atoms with E-state index in [1.165, 1.54) is 6.42 Å². The van der Waals surface area contributed by atoms with Crippen LogP contribution in [0.25, 0.3) is 0 Å². The number of rotatable bonds is 3. The van der Waals surface area contributed by atoms with Crippen molar-refractivity contribution in [2.75, 3.05) is 20.2 Å². The van der Waals surface area contributed by atoms with Crippen molar-refractivity contribution in [2.45, 2.75) is 44.2 Å². The molecule has 0 radical (unpaired) electrons. The van der Waals surface area contributed by atoms with Crippen LogP contribution >= 0.6 is 0 Å². The molecule has 4 heteroatoms. The van der Waals surface area contributed by atoms with Crippen LogP contribution in [-0.4, -0.2) is 43.2 Å². The molecule has 92 valence electrons. The van der Waals surface area contributed by atoms with Crippen molar-refractivity contribution in [3.8, 4) is 0 Å². The van der Waals surface area contributed by atoms with E-state index in [1.54, 1.807) is 0 Å². The van der Waals surface area contributed by atoms with Crippen LogP contribution in [0.1, 0.15) is 32.1 Å². The Morgan fingerprint density at radius 2 is 2.19 bits per heavy atom. The van der Waals surface area contributed by atoms with Crippen LogP contribution in [0.2, 0.25) is 0 Å². The van der Waals surface area contributed by atoms with Crippen LogP contribution in [0.15, 0.2) is 0 Å². The SMILES string of the molecule is CN(C(=O)C1CCCO1)C1CCCC1CN. The van der Waals surface area contributed by atoms with Crippen molar-refractivity contribution < 1.29 is 9.53 Å². The van der Waals surface area contributed by atoms with Gasteiger partial charge in [-0.15, -0.1) is 0 Å². The predicted molar refractivity (Wildman–Crippen MR) is 61.9 cm³/mol. The Morgan fingerprint density at radius 1 is 1.38 bits per heavy atom. The fraction of sp³-hybridized carbons (Fsp3) is 0.917. The van der Waals surface area contributed by atoms with Gasteiger partial charge in [0, 0.05) is 19.7 Å². The Labute approximate surface area is 97.1 Å². The molecule has 1 aliphatic heterocycles. The molecule has 0 aromatic rings. The molecule has 2 fully saturated rings. The second-order valence-corrected chi connectivity index (χ2v) is 4.94. The van der Waals surface area contributed by atoms with E-state index in [-0.39, 0.29) is 12.0 Å². The first-order valence-corrected chi connectivity index (χ1v) is 6.32. The van der Waals surface area contributed by atoms with Crippen LogP contribution in [0, 0.1) is 5.92 Å². The molecular formula is C12H22N2O2. The van der Waals surface area contributed by atoms with Crippen LogP contribution in [0.4, 0.5) is 0 Å². The molecule has 2 N–H and O–H groups in total. The molecule has 1 saturated heterocycles. The second-order valence-electron chi connectivity index (χ2n) is 4.94. The summed E-state index contributed by atoms with van der Waals surface area (Å²) in [6.45, 7) is 1.42. The molecule has 1 heterocycles. The summed E-state index contributed by atoms with van der Waals surface area (Å²) in [6.07, 6.45) is 5.14. The van der Waals surface area contributed by atoms with E-state index in [9.17, 15) is 4.79 Å². The van der Waals surface area contributed by atoms with E-state index >= 15 is 0 Å². The summed E-state index contributed by atoms with van der Waals surface area (Å²) in [5.41, 5.74) is 5.75. The first kappa shape index (κ1) is 11.9. The van der Waals surface area contributed by atoms with Gasteiger partial charge in [0.2, 0.25) is 0 Å². The predicted octanol–water partition coefficient (Wildman–Crippen LogP) is 0.751. The van der Waals surface area contributed by atoms with E-state index in [0.29, 0.717) is 18.5 Å². The molecule has 3 unspecified atom stereocenters. The van der Waals surface area contributed by atoms with Gasteiger partial charge in [0.25, 0.3) is 5.91 Å². The third-order valence-electron chi connectivity index (χ3n) is 3.97. The van der Waals surface area contributed by atoms with Gasteiger partial charge in [0.05, 0.1) is 0 Å². The third-order valence-corrected chi connectivity index (χ3v) is 3.97.